The number of hydrogen-bond donors (Lipinski definition) is 0. The highest BCUT2D eigenvalue weighted by Crippen LogP contribution is 2.46. The smallest absolute Gasteiger partial charge is 0.203 e. The van der Waals surface area contributed by atoms with Gasteiger partial charge in [0.1, 0.15) is 79.3 Å². The highest BCUT2D eigenvalue weighted by atomic mass is 35.5. The molecule has 0 saturated heterocycles. The van der Waals surface area contributed by atoms with Crippen LogP contribution in [0.4, 0.5) is 0 Å². The normalized spacial score (nSPS) is 11.3. The number of hydrogen-bond acceptors (Lipinski definition) is 30. The third kappa shape index (κ3) is 40.1. The Bertz CT molecular complexity index is 2500. The van der Waals surface area contributed by atoms with Crippen molar-refractivity contribution in [1.82, 2.24) is 0 Å². The molecule has 4 aromatic carbocycles. The summed E-state index contributed by atoms with van der Waals surface area (Å²) in [5.41, 5.74) is 2.45. The molecule has 0 unspecified atom stereocenters. The average Bonchev–Trinajstić information content (AvgIpc) is 0.813. The number of methoxy groups -OCH3 is 9. The Morgan fingerprint density at radius 2 is 0.327 bits per heavy atom. The standard InChI is InChI=1S/C73H115ClO30/c1-75-10-19-84-28-37-93-62-48-59(49-63(94-38-29-85-20-11-76-2)70(62)99-43-34-90-25-16-81-7)55-102-68-46-58(54-74)47-69(103-56-60-50-64(95-39-30-86-21-12-77-3)71(100-44-35-91-26-17-82-8)65(51-60)96-40-31-87-22-13-78-4)73(68)104-57-61-52-66(97-41-32-88-23-14-79-5)72(101-45-36-92-27-18-83-9)67(53-61)98-42-33-89-24-15-80-6/h46-53H,10-45,54-57H2,1-9H3. The second kappa shape index (κ2) is 62.1. The van der Waals surface area contributed by atoms with Crippen molar-refractivity contribution in [3.05, 3.63) is 70.8 Å². The van der Waals surface area contributed by atoms with Gasteiger partial charge in [-0.05, 0) is 70.8 Å². The molecule has 0 atom stereocenters. The zero-order chi connectivity index (χ0) is 74.4. The van der Waals surface area contributed by atoms with Gasteiger partial charge in [-0.1, -0.05) is 0 Å². The van der Waals surface area contributed by atoms with E-state index in [1.165, 1.54) is 0 Å². The van der Waals surface area contributed by atoms with E-state index < -0.39 is 0 Å². The SMILES string of the molecule is COCCOCCOc1cc(COc2cc(CCl)cc(OCc3cc(OCCOCCOC)c(OCCOCCOC)c(OCCOCCOC)c3)c2OCc2cc(OCCOCCOC)c(OCCOCCOC)c(OCCOCCOC)c2)cc(OCCOCCOC)c1OCCOCCOC. The predicted octanol–water partition coefficient (Wildman–Crippen LogP) is 7.54. The van der Waals surface area contributed by atoms with Gasteiger partial charge in [0.25, 0.3) is 0 Å². The molecule has 104 heavy (non-hydrogen) atoms. The number of benzene rings is 4. The molecule has 0 aliphatic heterocycles. The summed E-state index contributed by atoms with van der Waals surface area (Å²) in [6.45, 7) is 10.3. The van der Waals surface area contributed by atoms with E-state index in [0.29, 0.717) is 193 Å². The summed E-state index contributed by atoms with van der Waals surface area (Å²) in [5.74, 6) is 3.82. The maximum absolute atomic E-state index is 7.00. The summed E-state index contributed by atoms with van der Waals surface area (Å²) in [7, 11) is 14.5. The minimum Gasteiger partial charge on any atom is -0.487 e. The molecule has 4 rings (SSSR count). The van der Waals surface area contributed by atoms with Crippen molar-refractivity contribution in [3.8, 4) is 69.0 Å². The quantitative estimate of drug-likeness (QED) is 0.0305. The van der Waals surface area contributed by atoms with E-state index >= 15 is 0 Å². The molecule has 0 fully saturated rings. The first-order valence-electron chi connectivity index (χ1n) is 34.7. The van der Waals surface area contributed by atoms with Gasteiger partial charge in [0.05, 0.1) is 178 Å². The second-order valence-electron chi connectivity index (χ2n) is 21.8. The Kier molecular flexibility index (Phi) is 54.0. The minimum atomic E-state index is -0.110. The molecule has 0 radical (unpaired) electrons. The van der Waals surface area contributed by atoms with E-state index in [4.69, 9.17) is 154 Å². The summed E-state index contributed by atoms with van der Waals surface area (Å²) in [6.07, 6.45) is 0. The monoisotopic (exact) mass is 1510 g/mol. The Morgan fingerprint density at radius 1 is 0.173 bits per heavy atom. The molecular weight excluding hydrogens is 1390 g/mol. The van der Waals surface area contributed by atoms with Crippen molar-refractivity contribution in [1.29, 1.82) is 0 Å². The minimum absolute atomic E-state index is 0.0455. The third-order valence-corrected chi connectivity index (χ3v) is 14.2. The molecule has 0 aliphatic carbocycles. The molecule has 0 N–H and O–H groups in total. The Balaban J connectivity index is 1.95. The van der Waals surface area contributed by atoms with Crippen LogP contribution >= 0.6 is 11.6 Å². The lowest BCUT2D eigenvalue weighted by Crippen LogP contribution is -2.15. The zero-order valence-electron chi connectivity index (χ0n) is 62.5. The van der Waals surface area contributed by atoms with Gasteiger partial charge >= 0.3 is 0 Å². The van der Waals surface area contributed by atoms with Gasteiger partial charge in [-0.15, -0.1) is 11.6 Å². The topological polar surface area (TPSA) is 277 Å². The van der Waals surface area contributed by atoms with E-state index in [1.54, 1.807) is 88.3 Å². The molecule has 594 valence electrons. The Labute approximate surface area is 618 Å². The van der Waals surface area contributed by atoms with Crippen LogP contribution in [-0.4, -0.2) is 302 Å². The van der Waals surface area contributed by atoms with Crippen LogP contribution in [-0.2, 0) is 111 Å². The third-order valence-electron chi connectivity index (χ3n) is 13.9. The highest BCUT2D eigenvalue weighted by Gasteiger charge is 2.24. The summed E-state index contributed by atoms with van der Waals surface area (Å²) in [6, 6.07) is 14.4. The van der Waals surface area contributed by atoms with Crippen LogP contribution in [0.2, 0.25) is 0 Å². The Morgan fingerprint density at radius 3 is 0.519 bits per heavy atom. The molecule has 30 nitrogen and oxygen atoms in total. The summed E-state index contributed by atoms with van der Waals surface area (Å²) < 4.78 is 177. The molecule has 0 bridgehead atoms. The maximum Gasteiger partial charge on any atom is 0.203 e. The average molecular weight is 1510 g/mol. The number of ether oxygens (including phenoxy) is 30. The summed E-state index contributed by atoms with van der Waals surface area (Å²) >= 11 is 6.80. The van der Waals surface area contributed by atoms with Crippen LogP contribution in [0.5, 0.6) is 69.0 Å². The predicted molar refractivity (Wildman–Crippen MR) is 382 cm³/mol. The van der Waals surface area contributed by atoms with Crippen LogP contribution in [0.15, 0.2) is 48.5 Å². The van der Waals surface area contributed by atoms with E-state index in [1.807, 2.05) is 24.3 Å². The van der Waals surface area contributed by atoms with Gasteiger partial charge in [-0.3, -0.25) is 0 Å². The van der Waals surface area contributed by atoms with Crippen molar-refractivity contribution in [2.45, 2.75) is 25.7 Å². The van der Waals surface area contributed by atoms with Crippen molar-refractivity contribution >= 4 is 11.6 Å². The van der Waals surface area contributed by atoms with Crippen molar-refractivity contribution in [2.75, 3.05) is 302 Å². The van der Waals surface area contributed by atoms with E-state index in [9.17, 15) is 0 Å². The lowest BCUT2D eigenvalue weighted by atomic mass is 10.1. The van der Waals surface area contributed by atoms with Crippen molar-refractivity contribution in [3.63, 3.8) is 0 Å². The molecule has 0 aliphatic rings. The van der Waals surface area contributed by atoms with Gasteiger partial charge in [0, 0.05) is 69.9 Å². The van der Waals surface area contributed by atoms with Crippen LogP contribution in [0.3, 0.4) is 0 Å². The molecule has 0 saturated carbocycles. The fraction of sp³-hybridized carbons (Fsp3) is 0.671. The van der Waals surface area contributed by atoms with Crippen LogP contribution in [0.1, 0.15) is 22.3 Å². The lowest BCUT2D eigenvalue weighted by molar-refractivity contribution is 0.0467. The molecule has 0 spiro atoms. The fourth-order valence-electron chi connectivity index (χ4n) is 8.83. The van der Waals surface area contributed by atoms with Crippen molar-refractivity contribution < 1.29 is 142 Å². The van der Waals surface area contributed by atoms with Gasteiger partial charge in [-0.2, -0.15) is 0 Å². The highest BCUT2D eigenvalue weighted by molar-refractivity contribution is 6.17. The largest absolute Gasteiger partial charge is 0.487 e. The van der Waals surface area contributed by atoms with E-state index in [2.05, 4.69) is 0 Å². The van der Waals surface area contributed by atoms with Crippen LogP contribution < -0.4 is 56.8 Å². The van der Waals surface area contributed by atoms with Gasteiger partial charge < -0.3 is 142 Å². The summed E-state index contributed by atoms with van der Waals surface area (Å²) in [5, 5.41) is 0. The van der Waals surface area contributed by atoms with E-state index in [-0.39, 0.29) is 162 Å². The van der Waals surface area contributed by atoms with Gasteiger partial charge in [0.2, 0.25) is 23.0 Å². The number of halogens is 1. The molecule has 4 aromatic rings. The van der Waals surface area contributed by atoms with Crippen LogP contribution in [0.25, 0.3) is 0 Å². The molecule has 0 aromatic heterocycles. The number of alkyl halides is 1. The van der Waals surface area contributed by atoms with Gasteiger partial charge in [0.15, 0.2) is 46.0 Å². The van der Waals surface area contributed by atoms with Gasteiger partial charge in [-0.25, -0.2) is 0 Å². The first kappa shape index (κ1) is 90.4. The Hall–Kier alpha value is -5.95. The number of rotatable bonds is 73. The second-order valence-corrected chi connectivity index (χ2v) is 22.0. The molecule has 0 amide bonds. The zero-order valence-corrected chi connectivity index (χ0v) is 63.3. The lowest BCUT2D eigenvalue weighted by Gasteiger charge is -2.22. The maximum atomic E-state index is 7.00. The summed E-state index contributed by atoms with van der Waals surface area (Å²) in [4.78, 5) is 0. The molecular formula is C73H115ClO30. The fourth-order valence-corrected chi connectivity index (χ4v) is 8.98. The first-order valence-corrected chi connectivity index (χ1v) is 35.2. The molecule has 0 heterocycles. The van der Waals surface area contributed by atoms with E-state index in [0.717, 1.165) is 0 Å². The van der Waals surface area contributed by atoms with Crippen LogP contribution in [0, 0.1) is 0 Å². The molecule has 31 heteroatoms. The van der Waals surface area contributed by atoms with Crippen molar-refractivity contribution in [2.24, 2.45) is 0 Å². The first-order chi connectivity index (χ1) is 51.3.